The monoisotopic (exact) mass is 545 g/mol. The van der Waals surface area contributed by atoms with Gasteiger partial charge in [-0.25, -0.2) is 9.49 Å². The van der Waals surface area contributed by atoms with Gasteiger partial charge in [0.2, 0.25) is 0 Å². The van der Waals surface area contributed by atoms with E-state index in [4.69, 9.17) is 0 Å². The van der Waals surface area contributed by atoms with E-state index in [-0.39, 0.29) is 22.6 Å². The number of anilines is 3. The molecule has 1 aliphatic rings. The highest BCUT2D eigenvalue weighted by atomic mass is 32.1. The SMILES string of the molecule is Cc1c(-c2cc(Nc3cc4n(n3)CC[N+](C)([O-])C4)c(=O)[nH]n2)ccc(F)c1NC(=O)c1cc2ccccc2s1. The second-order valence-corrected chi connectivity index (χ2v) is 10.8. The third-order valence-corrected chi connectivity index (χ3v) is 7.90. The van der Waals surface area contributed by atoms with Gasteiger partial charge in [0, 0.05) is 16.3 Å². The Morgan fingerprint density at radius 3 is 2.85 bits per heavy atom. The van der Waals surface area contributed by atoms with Crippen molar-refractivity contribution in [2.24, 2.45) is 0 Å². The fourth-order valence-corrected chi connectivity index (χ4v) is 5.68. The lowest BCUT2D eigenvalue weighted by atomic mass is 10.0. The summed E-state index contributed by atoms with van der Waals surface area (Å²) in [6.07, 6.45) is 0. The zero-order chi connectivity index (χ0) is 27.3. The smallest absolute Gasteiger partial charge is 0.287 e. The van der Waals surface area contributed by atoms with E-state index in [0.29, 0.717) is 40.6 Å². The zero-order valence-corrected chi connectivity index (χ0v) is 21.9. The van der Waals surface area contributed by atoms with Gasteiger partial charge < -0.3 is 20.5 Å². The summed E-state index contributed by atoms with van der Waals surface area (Å²) in [5.41, 5.74) is 1.91. The number of quaternary nitrogens is 1. The number of carbonyl (C=O) groups is 1. The van der Waals surface area contributed by atoms with E-state index in [9.17, 15) is 19.2 Å². The average Bonchev–Trinajstić information content (AvgIpc) is 3.51. The van der Waals surface area contributed by atoms with Crippen molar-refractivity contribution in [3.05, 3.63) is 92.1 Å². The molecule has 5 aromatic rings. The number of amides is 1. The molecule has 3 aromatic heterocycles. The summed E-state index contributed by atoms with van der Waals surface area (Å²) in [5, 5.41) is 30.1. The van der Waals surface area contributed by atoms with Crippen LogP contribution in [0.4, 0.5) is 21.6 Å². The number of hydroxylamine groups is 3. The highest BCUT2D eigenvalue weighted by Gasteiger charge is 2.23. The molecule has 1 aliphatic heterocycles. The largest absolute Gasteiger partial charge is 0.633 e. The van der Waals surface area contributed by atoms with E-state index >= 15 is 0 Å². The first kappa shape index (κ1) is 24.9. The number of carbonyl (C=O) groups excluding carboxylic acids is 1. The second-order valence-electron chi connectivity index (χ2n) is 9.74. The molecule has 1 atom stereocenters. The van der Waals surface area contributed by atoms with Crippen LogP contribution in [0.2, 0.25) is 0 Å². The predicted molar refractivity (Wildman–Crippen MR) is 148 cm³/mol. The second kappa shape index (κ2) is 9.42. The molecule has 3 N–H and O–H groups in total. The van der Waals surface area contributed by atoms with Crippen LogP contribution in [0.5, 0.6) is 0 Å². The quantitative estimate of drug-likeness (QED) is 0.216. The van der Waals surface area contributed by atoms with Crippen LogP contribution in [0.15, 0.2) is 59.4 Å². The van der Waals surface area contributed by atoms with Crippen molar-refractivity contribution < 1.29 is 13.8 Å². The fraction of sp³-hybridized carbons (Fsp3) is 0.185. The molecule has 10 nitrogen and oxygen atoms in total. The Bertz CT molecular complexity index is 1770. The maximum Gasteiger partial charge on any atom is 0.287 e. The molecule has 6 rings (SSSR count). The number of halogens is 1. The molecule has 0 saturated heterocycles. The number of fused-ring (bicyclic) bond motifs is 2. The summed E-state index contributed by atoms with van der Waals surface area (Å²) in [4.78, 5) is 26.0. The Morgan fingerprint density at radius 2 is 2.03 bits per heavy atom. The molecule has 4 heterocycles. The number of nitrogens with zero attached hydrogens (tertiary/aromatic N) is 4. The van der Waals surface area contributed by atoms with Gasteiger partial charge in [-0.2, -0.15) is 10.2 Å². The average molecular weight is 546 g/mol. The first-order chi connectivity index (χ1) is 18.7. The van der Waals surface area contributed by atoms with Crippen LogP contribution in [-0.4, -0.2) is 44.1 Å². The number of likely N-dealkylation sites (N-methyl/N-ethyl adjacent to an activating group) is 1. The minimum absolute atomic E-state index is 0.0398. The minimum Gasteiger partial charge on any atom is -0.633 e. The Kier molecular flexibility index (Phi) is 6.02. The van der Waals surface area contributed by atoms with E-state index in [0.717, 1.165) is 15.8 Å². The summed E-state index contributed by atoms with van der Waals surface area (Å²) in [7, 11) is 1.62. The van der Waals surface area contributed by atoms with E-state index in [1.165, 1.54) is 17.4 Å². The molecule has 0 radical (unpaired) electrons. The van der Waals surface area contributed by atoms with Crippen molar-refractivity contribution in [2.75, 3.05) is 24.2 Å². The lowest BCUT2D eigenvalue weighted by molar-refractivity contribution is -0.878. The molecular weight excluding hydrogens is 521 g/mol. The molecule has 2 aromatic carbocycles. The molecular formula is C27H24FN7O3S. The highest BCUT2D eigenvalue weighted by Crippen LogP contribution is 2.32. The maximum atomic E-state index is 14.9. The standard InChI is InChI=1S/C27H24FN7O3S/c1-15-18(7-8-19(28)25(15)30-27(37)23-11-16-5-3-4-6-22(16)39-23)20-13-21(26(36)32-31-20)29-24-12-17-14-35(2,38)10-9-34(17)33-24/h3-8,11-13H,9-10,14H2,1-2H3,(H,30,37)(H,32,36)(H,29,31,33). The number of benzene rings is 2. The Labute approximate surface area is 225 Å². The van der Waals surface area contributed by atoms with Crippen molar-refractivity contribution in [3.63, 3.8) is 0 Å². The zero-order valence-electron chi connectivity index (χ0n) is 21.1. The highest BCUT2D eigenvalue weighted by molar-refractivity contribution is 7.20. The Balaban J connectivity index is 1.29. The first-order valence-corrected chi connectivity index (χ1v) is 13.1. The summed E-state index contributed by atoms with van der Waals surface area (Å²) in [5.74, 6) is -0.564. The van der Waals surface area contributed by atoms with Gasteiger partial charge in [0.1, 0.15) is 18.0 Å². The number of H-pyrrole nitrogens is 1. The molecule has 0 fully saturated rings. The molecule has 198 valence electrons. The van der Waals surface area contributed by atoms with Crippen LogP contribution in [0.1, 0.15) is 20.9 Å². The van der Waals surface area contributed by atoms with Gasteiger partial charge in [-0.3, -0.25) is 14.3 Å². The lowest BCUT2D eigenvalue weighted by Gasteiger charge is -2.41. The van der Waals surface area contributed by atoms with Crippen molar-refractivity contribution in [1.29, 1.82) is 0 Å². The molecule has 1 amide bonds. The third-order valence-electron chi connectivity index (χ3n) is 6.79. The first-order valence-electron chi connectivity index (χ1n) is 12.3. The molecule has 0 saturated carbocycles. The number of aromatic nitrogens is 4. The number of hydrogen-bond acceptors (Lipinski definition) is 7. The van der Waals surface area contributed by atoms with Crippen LogP contribution < -0.4 is 16.2 Å². The van der Waals surface area contributed by atoms with Crippen molar-refractivity contribution in [2.45, 2.75) is 20.0 Å². The van der Waals surface area contributed by atoms with Gasteiger partial charge in [-0.1, -0.05) is 18.2 Å². The summed E-state index contributed by atoms with van der Waals surface area (Å²) in [6.45, 7) is 2.87. The Hall–Kier alpha value is -4.39. The maximum absolute atomic E-state index is 14.9. The van der Waals surface area contributed by atoms with E-state index in [2.05, 4.69) is 25.9 Å². The third kappa shape index (κ3) is 4.80. The summed E-state index contributed by atoms with van der Waals surface area (Å²) >= 11 is 1.33. The normalized spacial score (nSPS) is 16.7. The fourth-order valence-electron chi connectivity index (χ4n) is 4.72. The molecule has 1 unspecified atom stereocenters. The van der Waals surface area contributed by atoms with Crippen LogP contribution in [0.25, 0.3) is 21.3 Å². The summed E-state index contributed by atoms with van der Waals surface area (Å²) in [6, 6.07) is 15.5. The Morgan fingerprint density at radius 1 is 1.21 bits per heavy atom. The van der Waals surface area contributed by atoms with E-state index < -0.39 is 17.3 Å². The van der Waals surface area contributed by atoms with Crippen LogP contribution >= 0.6 is 11.3 Å². The van der Waals surface area contributed by atoms with Crippen molar-refractivity contribution in [1.82, 2.24) is 20.0 Å². The van der Waals surface area contributed by atoms with Crippen LogP contribution in [0.3, 0.4) is 0 Å². The van der Waals surface area contributed by atoms with Gasteiger partial charge >= 0.3 is 0 Å². The molecule has 0 bridgehead atoms. The number of thiophene rings is 1. The van der Waals surface area contributed by atoms with Gasteiger partial charge in [0.05, 0.1) is 42.1 Å². The van der Waals surface area contributed by atoms with Crippen molar-refractivity contribution >= 4 is 44.5 Å². The molecule has 39 heavy (non-hydrogen) atoms. The topological polar surface area (TPSA) is 128 Å². The van der Waals surface area contributed by atoms with E-state index in [1.807, 2.05) is 24.3 Å². The number of hydrogen-bond donors (Lipinski definition) is 3. The van der Waals surface area contributed by atoms with Gasteiger partial charge in [-0.15, -0.1) is 11.3 Å². The van der Waals surface area contributed by atoms with E-state index in [1.54, 1.807) is 42.9 Å². The van der Waals surface area contributed by atoms with Crippen molar-refractivity contribution in [3.8, 4) is 11.3 Å². The molecule has 12 heteroatoms. The molecule has 0 spiro atoms. The molecule has 0 aliphatic carbocycles. The van der Waals surface area contributed by atoms with Crippen LogP contribution in [0, 0.1) is 17.9 Å². The van der Waals surface area contributed by atoms with Crippen LogP contribution in [-0.2, 0) is 13.1 Å². The lowest BCUT2D eigenvalue weighted by Crippen LogP contribution is -2.44. The van der Waals surface area contributed by atoms with Gasteiger partial charge in [0.15, 0.2) is 5.82 Å². The summed E-state index contributed by atoms with van der Waals surface area (Å²) < 4.78 is 17.2. The number of aromatic amines is 1. The predicted octanol–water partition coefficient (Wildman–Crippen LogP) is 4.75. The van der Waals surface area contributed by atoms with Gasteiger partial charge in [-0.05, 0) is 48.2 Å². The van der Waals surface area contributed by atoms with Gasteiger partial charge in [0.25, 0.3) is 11.5 Å². The number of nitrogens with one attached hydrogen (secondary N) is 3. The minimum atomic E-state index is -0.583. The number of rotatable bonds is 5.